The van der Waals surface area contributed by atoms with Crippen molar-refractivity contribution in [3.05, 3.63) is 39.4 Å². The van der Waals surface area contributed by atoms with Crippen LogP contribution >= 0.6 is 23.2 Å². The van der Waals surface area contributed by atoms with Gasteiger partial charge in [-0.1, -0.05) is 29.3 Å². The zero-order chi connectivity index (χ0) is 11.4. The van der Waals surface area contributed by atoms with E-state index in [1.165, 1.54) is 6.08 Å². The van der Waals surface area contributed by atoms with Gasteiger partial charge in [-0.2, -0.15) is 5.26 Å². The number of hydrogen-bond donors (Lipinski definition) is 1. The molecular formula is C10H6Cl2N2O. The van der Waals surface area contributed by atoms with E-state index in [9.17, 15) is 4.79 Å². The molecule has 5 heteroatoms. The van der Waals surface area contributed by atoms with Crippen LogP contribution in [-0.2, 0) is 4.79 Å². The first-order chi connectivity index (χ1) is 7.04. The maximum Gasteiger partial charge on any atom is 0.259 e. The molecule has 0 aromatic heterocycles. The van der Waals surface area contributed by atoms with Gasteiger partial charge in [-0.05, 0) is 23.8 Å². The molecule has 0 fully saturated rings. The predicted molar refractivity (Wildman–Crippen MR) is 59.2 cm³/mol. The number of nitrogens with zero attached hydrogens (tertiary/aromatic N) is 1. The molecule has 0 aliphatic rings. The maximum absolute atomic E-state index is 10.8. The summed E-state index contributed by atoms with van der Waals surface area (Å²) >= 11 is 11.5. The molecule has 1 amide bonds. The number of rotatable bonds is 2. The summed E-state index contributed by atoms with van der Waals surface area (Å²) in [5.41, 5.74) is 5.44. The summed E-state index contributed by atoms with van der Waals surface area (Å²) in [5, 5.41) is 9.37. The van der Waals surface area contributed by atoms with Gasteiger partial charge in [-0.25, -0.2) is 0 Å². The number of carbonyl (C=O) groups excluding carboxylic acids is 1. The number of benzene rings is 1. The molecule has 0 saturated carbocycles. The van der Waals surface area contributed by atoms with Crippen molar-refractivity contribution < 1.29 is 4.79 Å². The van der Waals surface area contributed by atoms with Crippen molar-refractivity contribution >= 4 is 35.2 Å². The fourth-order valence-electron chi connectivity index (χ4n) is 0.927. The first-order valence-corrected chi connectivity index (χ1v) is 4.67. The fourth-order valence-corrected chi connectivity index (χ4v) is 1.23. The highest BCUT2D eigenvalue weighted by molar-refractivity contribution is 6.42. The van der Waals surface area contributed by atoms with Gasteiger partial charge in [0.1, 0.15) is 11.6 Å². The Hall–Kier alpha value is -1.50. The van der Waals surface area contributed by atoms with E-state index in [1.807, 2.05) is 0 Å². The SMILES string of the molecule is N#C/C(=C/c1ccc(Cl)c(Cl)c1)C(N)=O. The van der Waals surface area contributed by atoms with Gasteiger partial charge in [-0.15, -0.1) is 0 Å². The predicted octanol–water partition coefficient (Wildman–Crippen LogP) is 2.39. The second-order valence-electron chi connectivity index (χ2n) is 2.71. The Balaban J connectivity index is 3.14. The number of nitriles is 1. The third-order valence-corrected chi connectivity index (χ3v) is 2.38. The molecule has 0 unspecified atom stereocenters. The average molecular weight is 241 g/mol. The molecule has 0 radical (unpaired) electrons. The first-order valence-electron chi connectivity index (χ1n) is 3.91. The van der Waals surface area contributed by atoms with E-state index in [-0.39, 0.29) is 5.57 Å². The van der Waals surface area contributed by atoms with E-state index in [4.69, 9.17) is 34.2 Å². The standard InChI is InChI=1S/C10H6Cl2N2O/c11-8-2-1-6(4-9(8)12)3-7(5-13)10(14)15/h1-4H,(H2,14,15)/b7-3-. The van der Waals surface area contributed by atoms with Crippen LogP contribution in [-0.4, -0.2) is 5.91 Å². The molecule has 1 aromatic carbocycles. The summed E-state index contributed by atoms with van der Waals surface area (Å²) in [7, 11) is 0. The minimum absolute atomic E-state index is 0.131. The molecule has 1 aromatic rings. The number of carbonyl (C=O) groups is 1. The minimum atomic E-state index is -0.774. The lowest BCUT2D eigenvalue weighted by Gasteiger charge is -1.98. The minimum Gasteiger partial charge on any atom is -0.365 e. The lowest BCUT2D eigenvalue weighted by molar-refractivity contribution is -0.114. The highest BCUT2D eigenvalue weighted by Crippen LogP contribution is 2.23. The Labute approximate surface area is 96.7 Å². The third-order valence-electron chi connectivity index (χ3n) is 1.64. The van der Waals surface area contributed by atoms with Crippen LogP contribution in [0.25, 0.3) is 6.08 Å². The van der Waals surface area contributed by atoms with Gasteiger partial charge in [-0.3, -0.25) is 4.79 Å². The van der Waals surface area contributed by atoms with Crippen molar-refractivity contribution in [1.29, 1.82) is 5.26 Å². The summed E-state index contributed by atoms with van der Waals surface area (Å²) < 4.78 is 0. The molecule has 0 aliphatic heterocycles. The van der Waals surface area contributed by atoms with Crippen LogP contribution in [0.2, 0.25) is 10.0 Å². The van der Waals surface area contributed by atoms with E-state index < -0.39 is 5.91 Å². The fraction of sp³-hybridized carbons (Fsp3) is 0. The van der Waals surface area contributed by atoms with Crippen LogP contribution in [0.5, 0.6) is 0 Å². The van der Waals surface area contributed by atoms with Gasteiger partial charge in [0.25, 0.3) is 5.91 Å². The summed E-state index contributed by atoms with van der Waals surface area (Å²) in [6, 6.07) is 6.45. The lowest BCUT2D eigenvalue weighted by Crippen LogP contribution is -2.12. The monoisotopic (exact) mass is 240 g/mol. The quantitative estimate of drug-likeness (QED) is 0.638. The van der Waals surface area contributed by atoms with Crippen molar-refractivity contribution in [3.63, 3.8) is 0 Å². The summed E-state index contributed by atoms with van der Waals surface area (Å²) in [5.74, 6) is -0.774. The summed E-state index contributed by atoms with van der Waals surface area (Å²) in [6.45, 7) is 0. The van der Waals surface area contributed by atoms with Gasteiger partial charge in [0.05, 0.1) is 10.0 Å². The van der Waals surface area contributed by atoms with E-state index in [1.54, 1.807) is 24.3 Å². The van der Waals surface area contributed by atoms with Crippen molar-refractivity contribution in [2.45, 2.75) is 0 Å². The smallest absolute Gasteiger partial charge is 0.259 e. The van der Waals surface area contributed by atoms with Gasteiger partial charge < -0.3 is 5.73 Å². The molecule has 76 valence electrons. The second-order valence-corrected chi connectivity index (χ2v) is 3.52. The molecule has 15 heavy (non-hydrogen) atoms. The highest BCUT2D eigenvalue weighted by Gasteiger charge is 2.04. The number of primary amides is 1. The third kappa shape index (κ3) is 2.98. The van der Waals surface area contributed by atoms with Crippen LogP contribution in [0, 0.1) is 11.3 Å². The molecule has 3 nitrogen and oxygen atoms in total. The van der Waals surface area contributed by atoms with E-state index in [0.717, 1.165) is 0 Å². The second kappa shape index (κ2) is 4.83. The van der Waals surface area contributed by atoms with Crippen molar-refractivity contribution in [2.24, 2.45) is 5.73 Å². The first kappa shape index (κ1) is 11.6. The molecular weight excluding hydrogens is 235 g/mol. The van der Waals surface area contributed by atoms with Gasteiger partial charge in [0.2, 0.25) is 0 Å². The summed E-state index contributed by atoms with van der Waals surface area (Å²) in [4.78, 5) is 10.8. The van der Waals surface area contributed by atoms with Gasteiger partial charge >= 0.3 is 0 Å². The molecule has 0 aliphatic carbocycles. The number of nitrogens with two attached hydrogens (primary N) is 1. The van der Waals surface area contributed by atoms with Crippen molar-refractivity contribution in [2.75, 3.05) is 0 Å². The van der Waals surface area contributed by atoms with Gasteiger partial charge in [0.15, 0.2) is 0 Å². The highest BCUT2D eigenvalue weighted by atomic mass is 35.5. The Morgan fingerprint density at radius 2 is 2.07 bits per heavy atom. The number of amides is 1. The Morgan fingerprint density at radius 1 is 1.40 bits per heavy atom. The maximum atomic E-state index is 10.8. The molecule has 2 N–H and O–H groups in total. The summed E-state index contributed by atoms with van der Waals surface area (Å²) in [6.07, 6.45) is 1.35. The molecule has 0 saturated heterocycles. The molecule has 0 bridgehead atoms. The normalized spacial score (nSPS) is 10.9. The van der Waals surface area contributed by atoms with E-state index in [2.05, 4.69) is 0 Å². The number of halogens is 2. The van der Waals surface area contributed by atoms with Crippen molar-refractivity contribution in [1.82, 2.24) is 0 Å². The molecule has 0 atom stereocenters. The largest absolute Gasteiger partial charge is 0.365 e. The molecule has 1 rings (SSSR count). The average Bonchev–Trinajstić information content (AvgIpc) is 2.19. The topological polar surface area (TPSA) is 66.9 Å². The lowest BCUT2D eigenvalue weighted by atomic mass is 10.1. The Bertz CT molecular complexity index is 475. The van der Waals surface area contributed by atoms with Crippen molar-refractivity contribution in [3.8, 4) is 6.07 Å². The van der Waals surface area contributed by atoms with Crippen LogP contribution in [0.15, 0.2) is 23.8 Å². The van der Waals surface area contributed by atoms with Crippen LogP contribution in [0.3, 0.4) is 0 Å². The zero-order valence-corrected chi connectivity index (χ0v) is 9.01. The van der Waals surface area contributed by atoms with Crippen LogP contribution < -0.4 is 5.73 Å². The molecule has 0 spiro atoms. The Kier molecular flexibility index (Phi) is 3.73. The van der Waals surface area contributed by atoms with Crippen LogP contribution in [0.1, 0.15) is 5.56 Å². The molecule has 0 heterocycles. The van der Waals surface area contributed by atoms with Gasteiger partial charge in [0, 0.05) is 0 Å². The number of hydrogen-bond acceptors (Lipinski definition) is 2. The van der Waals surface area contributed by atoms with E-state index in [0.29, 0.717) is 15.6 Å². The Morgan fingerprint density at radius 3 is 2.53 bits per heavy atom. The zero-order valence-electron chi connectivity index (χ0n) is 7.50. The van der Waals surface area contributed by atoms with Crippen LogP contribution in [0.4, 0.5) is 0 Å². The van der Waals surface area contributed by atoms with E-state index >= 15 is 0 Å².